The van der Waals surface area contributed by atoms with Crippen LogP contribution in [0.4, 0.5) is 5.95 Å². The zero-order chi connectivity index (χ0) is 9.97. The third kappa shape index (κ3) is 1.72. The number of aromatic nitrogens is 2. The van der Waals surface area contributed by atoms with Crippen LogP contribution in [0.3, 0.4) is 0 Å². The van der Waals surface area contributed by atoms with Crippen LogP contribution in [0.25, 0.3) is 0 Å². The molecule has 5 heteroatoms. The molecule has 0 unspecified atom stereocenters. The van der Waals surface area contributed by atoms with E-state index in [-0.39, 0.29) is 5.95 Å². The number of nitrogens with two attached hydrogens (primary N) is 1. The molecule has 2 N–H and O–H groups in total. The lowest BCUT2D eigenvalue weighted by Gasteiger charge is -2.06. The Morgan fingerprint density at radius 2 is 2.07 bits per heavy atom. The number of rotatable bonds is 1. The molecule has 1 aromatic heterocycles. The summed E-state index contributed by atoms with van der Waals surface area (Å²) in [5.41, 5.74) is 7.92. The molecule has 0 spiro atoms. The number of carbonyl (C=O) groups is 1. The van der Waals surface area contributed by atoms with Crippen molar-refractivity contribution in [2.75, 3.05) is 17.2 Å². The average molecular weight is 209 g/mol. The Bertz CT molecular complexity index is 367. The molecule has 0 fully saturated rings. The SMILES string of the molecule is Nc1nc(C=O)c2c(n1)CCSCC2. The second-order valence-corrected chi connectivity index (χ2v) is 4.35. The van der Waals surface area contributed by atoms with E-state index in [4.69, 9.17) is 5.73 Å². The molecular weight excluding hydrogens is 198 g/mol. The summed E-state index contributed by atoms with van der Waals surface area (Å²) in [6.07, 6.45) is 2.52. The Morgan fingerprint density at radius 1 is 1.29 bits per heavy atom. The molecule has 1 aromatic rings. The lowest BCUT2D eigenvalue weighted by molar-refractivity contribution is 0.111. The number of nitrogens with zero attached hydrogens (tertiary/aromatic N) is 2. The first-order valence-corrected chi connectivity index (χ1v) is 5.65. The Kier molecular flexibility index (Phi) is 2.67. The van der Waals surface area contributed by atoms with Gasteiger partial charge in [0.05, 0.1) is 5.69 Å². The van der Waals surface area contributed by atoms with Crippen LogP contribution in [0.2, 0.25) is 0 Å². The molecule has 0 aromatic carbocycles. The lowest BCUT2D eigenvalue weighted by atomic mass is 10.1. The van der Waals surface area contributed by atoms with Crippen molar-refractivity contribution in [3.8, 4) is 0 Å². The Hall–Kier alpha value is -1.10. The van der Waals surface area contributed by atoms with Crippen LogP contribution in [0.15, 0.2) is 0 Å². The van der Waals surface area contributed by atoms with Gasteiger partial charge in [-0.2, -0.15) is 11.8 Å². The normalized spacial score (nSPS) is 15.7. The van der Waals surface area contributed by atoms with Crippen LogP contribution < -0.4 is 5.73 Å². The van der Waals surface area contributed by atoms with E-state index in [1.807, 2.05) is 11.8 Å². The van der Waals surface area contributed by atoms with Gasteiger partial charge in [-0.15, -0.1) is 0 Å². The predicted octanol–water partition coefficient (Wildman–Crippen LogP) is 0.703. The molecule has 1 aliphatic rings. The summed E-state index contributed by atoms with van der Waals surface area (Å²) in [6, 6.07) is 0. The van der Waals surface area contributed by atoms with E-state index in [1.165, 1.54) is 0 Å². The number of nitrogen functional groups attached to an aromatic ring is 1. The number of anilines is 1. The molecule has 0 saturated heterocycles. The van der Waals surface area contributed by atoms with Gasteiger partial charge in [0.1, 0.15) is 5.69 Å². The number of thioether (sulfide) groups is 1. The fourth-order valence-corrected chi connectivity index (χ4v) is 2.48. The maximum Gasteiger partial charge on any atom is 0.220 e. The molecule has 0 radical (unpaired) electrons. The number of hydrogen-bond acceptors (Lipinski definition) is 5. The number of fused-ring (bicyclic) bond motifs is 1. The molecule has 0 saturated carbocycles. The van der Waals surface area contributed by atoms with Crippen LogP contribution in [-0.4, -0.2) is 27.8 Å². The minimum absolute atomic E-state index is 0.206. The van der Waals surface area contributed by atoms with Crippen molar-refractivity contribution < 1.29 is 4.79 Å². The van der Waals surface area contributed by atoms with Gasteiger partial charge in [0.25, 0.3) is 0 Å². The van der Waals surface area contributed by atoms with E-state index in [1.54, 1.807) is 0 Å². The van der Waals surface area contributed by atoms with E-state index in [0.717, 1.165) is 41.9 Å². The van der Waals surface area contributed by atoms with Crippen molar-refractivity contribution in [1.29, 1.82) is 0 Å². The predicted molar refractivity (Wildman–Crippen MR) is 56.6 cm³/mol. The first kappa shape index (κ1) is 9.45. The molecule has 74 valence electrons. The number of aldehydes is 1. The van der Waals surface area contributed by atoms with Gasteiger partial charge in [0, 0.05) is 5.56 Å². The van der Waals surface area contributed by atoms with Gasteiger partial charge in [-0.3, -0.25) is 4.79 Å². The summed E-state index contributed by atoms with van der Waals surface area (Å²) < 4.78 is 0. The highest BCUT2D eigenvalue weighted by Gasteiger charge is 2.15. The minimum atomic E-state index is 0.206. The molecule has 0 aliphatic carbocycles. The number of aryl methyl sites for hydroxylation is 1. The third-order valence-electron chi connectivity index (χ3n) is 2.23. The van der Waals surface area contributed by atoms with Crippen LogP contribution in [0.1, 0.15) is 21.7 Å². The van der Waals surface area contributed by atoms with Gasteiger partial charge in [-0.25, -0.2) is 9.97 Å². The standard InChI is InChI=1S/C9H11N3OS/c10-9-11-7-2-4-14-3-1-6(7)8(5-13)12-9/h5H,1-4H2,(H2,10,11,12). The molecule has 0 amide bonds. The fourth-order valence-electron chi connectivity index (χ4n) is 1.59. The zero-order valence-electron chi connectivity index (χ0n) is 7.69. The van der Waals surface area contributed by atoms with Gasteiger partial charge in [-0.05, 0) is 24.3 Å². The average Bonchev–Trinajstić information content (AvgIpc) is 2.41. The van der Waals surface area contributed by atoms with Crippen molar-refractivity contribution in [2.24, 2.45) is 0 Å². The van der Waals surface area contributed by atoms with E-state index in [0.29, 0.717) is 5.69 Å². The van der Waals surface area contributed by atoms with Gasteiger partial charge in [-0.1, -0.05) is 0 Å². The fraction of sp³-hybridized carbons (Fsp3) is 0.444. The Morgan fingerprint density at radius 3 is 2.86 bits per heavy atom. The van der Waals surface area contributed by atoms with Crippen LogP contribution in [-0.2, 0) is 12.8 Å². The smallest absolute Gasteiger partial charge is 0.220 e. The second-order valence-electron chi connectivity index (χ2n) is 3.12. The second kappa shape index (κ2) is 3.96. The van der Waals surface area contributed by atoms with E-state index in [9.17, 15) is 4.79 Å². The molecule has 1 aliphatic heterocycles. The molecule has 0 bridgehead atoms. The third-order valence-corrected chi connectivity index (χ3v) is 3.22. The molecule has 2 heterocycles. The minimum Gasteiger partial charge on any atom is -0.368 e. The van der Waals surface area contributed by atoms with Crippen molar-refractivity contribution in [3.05, 3.63) is 17.0 Å². The van der Waals surface area contributed by atoms with Gasteiger partial charge < -0.3 is 5.73 Å². The number of hydrogen-bond donors (Lipinski definition) is 1. The summed E-state index contributed by atoms with van der Waals surface area (Å²) in [4.78, 5) is 18.9. The molecule has 2 rings (SSSR count). The maximum absolute atomic E-state index is 10.8. The molecule has 14 heavy (non-hydrogen) atoms. The van der Waals surface area contributed by atoms with Gasteiger partial charge in [0.15, 0.2) is 6.29 Å². The summed E-state index contributed by atoms with van der Waals surface area (Å²) in [7, 11) is 0. The molecular formula is C9H11N3OS. The molecule has 0 atom stereocenters. The Labute approximate surface area is 86.3 Å². The van der Waals surface area contributed by atoms with Crippen molar-refractivity contribution >= 4 is 24.0 Å². The van der Waals surface area contributed by atoms with Crippen LogP contribution >= 0.6 is 11.8 Å². The monoisotopic (exact) mass is 209 g/mol. The van der Waals surface area contributed by atoms with E-state index >= 15 is 0 Å². The first-order valence-electron chi connectivity index (χ1n) is 4.49. The highest BCUT2D eigenvalue weighted by Crippen LogP contribution is 2.20. The first-order chi connectivity index (χ1) is 6.81. The summed E-state index contributed by atoms with van der Waals surface area (Å²) in [5, 5.41) is 0. The Balaban J connectivity index is 2.51. The summed E-state index contributed by atoms with van der Waals surface area (Å²) >= 11 is 1.87. The zero-order valence-corrected chi connectivity index (χ0v) is 8.51. The van der Waals surface area contributed by atoms with E-state index < -0.39 is 0 Å². The quantitative estimate of drug-likeness (QED) is 0.690. The van der Waals surface area contributed by atoms with Crippen molar-refractivity contribution in [1.82, 2.24) is 9.97 Å². The van der Waals surface area contributed by atoms with Gasteiger partial charge in [0.2, 0.25) is 5.95 Å². The largest absolute Gasteiger partial charge is 0.368 e. The van der Waals surface area contributed by atoms with Crippen LogP contribution in [0.5, 0.6) is 0 Å². The lowest BCUT2D eigenvalue weighted by Crippen LogP contribution is -2.08. The van der Waals surface area contributed by atoms with E-state index in [2.05, 4.69) is 9.97 Å². The number of carbonyl (C=O) groups excluding carboxylic acids is 1. The van der Waals surface area contributed by atoms with Gasteiger partial charge >= 0.3 is 0 Å². The summed E-state index contributed by atoms with van der Waals surface area (Å²) in [5.74, 6) is 2.28. The van der Waals surface area contributed by atoms with Crippen molar-refractivity contribution in [2.45, 2.75) is 12.8 Å². The molecule has 4 nitrogen and oxygen atoms in total. The maximum atomic E-state index is 10.8. The van der Waals surface area contributed by atoms with Crippen molar-refractivity contribution in [3.63, 3.8) is 0 Å². The summed E-state index contributed by atoms with van der Waals surface area (Å²) in [6.45, 7) is 0. The highest BCUT2D eigenvalue weighted by molar-refractivity contribution is 7.99. The van der Waals surface area contributed by atoms with Crippen LogP contribution in [0, 0.1) is 0 Å². The topological polar surface area (TPSA) is 68.9 Å². The highest BCUT2D eigenvalue weighted by atomic mass is 32.2.